The predicted octanol–water partition coefficient (Wildman–Crippen LogP) is 4.26. The molecule has 1 spiro atoms. The van der Waals surface area contributed by atoms with E-state index in [1.165, 1.54) is 24.8 Å². The van der Waals surface area contributed by atoms with Gasteiger partial charge in [0.1, 0.15) is 0 Å². The summed E-state index contributed by atoms with van der Waals surface area (Å²) in [6, 6.07) is 0. The summed E-state index contributed by atoms with van der Waals surface area (Å²) in [7, 11) is 0. The third kappa shape index (κ3) is 1.73. The topological polar surface area (TPSA) is 35.5 Å². The molecule has 4 aliphatic carbocycles. The molecule has 5 rings (SSSR count). The van der Waals surface area contributed by atoms with E-state index in [1.54, 1.807) is 0 Å². The van der Waals surface area contributed by atoms with E-state index in [0.29, 0.717) is 30.8 Å². The fraction of sp³-hybridized carbons (Fsp3) is 0.857. The van der Waals surface area contributed by atoms with Crippen molar-refractivity contribution in [1.29, 1.82) is 0 Å². The summed E-state index contributed by atoms with van der Waals surface area (Å²) in [6.07, 6.45) is 11.4. The van der Waals surface area contributed by atoms with Gasteiger partial charge in [-0.3, -0.25) is 4.79 Å². The molecule has 5 aliphatic rings. The molecular weight excluding hydrogens is 300 g/mol. The molecule has 3 saturated carbocycles. The smallest absolute Gasteiger partial charge is 0.174 e. The minimum Gasteiger partial charge on any atom is -0.347 e. The second-order valence-corrected chi connectivity index (χ2v) is 9.38. The average Bonchev–Trinajstić information content (AvgIpc) is 3.15. The number of allylic oxidation sites excluding steroid dienone is 2. The highest BCUT2D eigenvalue weighted by Crippen LogP contribution is 2.67. The van der Waals surface area contributed by atoms with Gasteiger partial charge in [-0.1, -0.05) is 25.8 Å². The van der Waals surface area contributed by atoms with E-state index in [1.807, 2.05) is 0 Å². The highest BCUT2D eigenvalue weighted by molar-refractivity contribution is 5.94. The van der Waals surface area contributed by atoms with Crippen molar-refractivity contribution < 1.29 is 14.3 Å². The van der Waals surface area contributed by atoms with Crippen LogP contribution in [0.3, 0.4) is 0 Å². The number of hydrogen-bond acceptors (Lipinski definition) is 3. The zero-order valence-electron chi connectivity index (χ0n) is 15.1. The zero-order chi connectivity index (χ0) is 16.6. The maximum Gasteiger partial charge on any atom is 0.174 e. The molecule has 0 aromatic heterocycles. The van der Waals surface area contributed by atoms with Crippen LogP contribution in [0.5, 0.6) is 0 Å². The van der Waals surface area contributed by atoms with Crippen LogP contribution in [0.1, 0.15) is 65.2 Å². The van der Waals surface area contributed by atoms with Gasteiger partial charge in [-0.15, -0.1) is 0 Å². The number of carbonyl (C=O) groups excluding carboxylic acids is 1. The Morgan fingerprint density at radius 1 is 1.00 bits per heavy atom. The Balaban J connectivity index is 1.56. The van der Waals surface area contributed by atoms with Crippen molar-refractivity contribution in [3.05, 3.63) is 11.6 Å². The first-order chi connectivity index (χ1) is 11.5. The predicted molar refractivity (Wildman–Crippen MR) is 91.3 cm³/mol. The van der Waals surface area contributed by atoms with E-state index in [-0.39, 0.29) is 16.7 Å². The number of hydrogen-bond donors (Lipinski definition) is 0. The van der Waals surface area contributed by atoms with Gasteiger partial charge in [0.2, 0.25) is 0 Å². The Labute approximate surface area is 145 Å². The summed E-state index contributed by atoms with van der Waals surface area (Å²) >= 11 is 0. The number of ketones is 1. The highest BCUT2D eigenvalue weighted by Gasteiger charge is 2.67. The summed E-state index contributed by atoms with van der Waals surface area (Å²) in [5.74, 6) is 1.18. The van der Waals surface area contributed by atoms with Gasteiger partial charge in [-0.05, 0) is 61.9 Å². The zero-order valence-corrected chi connectivity index (χ0v) is 15.1. The Kier molecular flexibility index (Phi) is 3.21. The molecule has 0 N–H and O–H groups in total. The molecule has 1 heterocycles. The van der Waals surface area contributed by atoms with Crippen LogP contribution in [-0.4, -0.2) is 24.8 Å². The monoisotopic (exact) mass is 330 g/mol. The molecule has 5 atom stereocenters. The minimum absolute atomic E-state index is 0.0106. The van der Waals surface area contributed by atoms with Gasteiger partial charge in [-0.2, -0.15) is 0 Å². The van der Waals surface area contributed by atoms with E-state index >= 15 is 0 Å². The normalized spacial score (nSPS) is 49.5. The lowest BCUT2D eigenvalue weighted by molar-refractivity contribution is -0.240. The van der Waals surface area contributed by atoms with Crippen LogP contribution in [-0.2, 0) is 14.3 Å². The molecule has 0 bridgehead atoms. The maximum absolute atomic E-state index is 13.2. The number of rotatable bonds is 0. The minimum atomic E-state index is -0.402. The molecule has 24 heavy (non-hydrogen) atoms. The number of carbonyl (C=O) groups is 1. The third-order valence-corrected chi connectivity index (χ3v) is 8.66. The highest BCUT2D eigenvalue weighted by atomic mass is 16.7. The van der Waals surface area contributed by atoms with Crippen LogP contribution in [0.4, 0.5) is 0 Å². The largest absolute Gasteiger partial charge is 0.347 e. The van der Waals surface area contributed by atoms with E-state index in [0.717, 1.165) is 32.1 Å². The van der Waals surface area contributed by atoms with Gasteiger partial charge in [0.25, 0.3) is 0 Å². The van der Waals surface area contributed by atoms with E-state index in [2.05, 4.69) is 19.9 Å². The lowest BCUT2D eigenvalue weighted by Crippen LogP contribution is -2.56. The summed E-state index contributed by atoms with van der Waals surface area (Å²) in [4.78, 5) is 13.2. The second kappa shape index (κ2) is 4.94. The fourth-order valence-corrected chi connectivity index (χ4v) is 7.32. The lowest BCUT2D eigenvalue weighted by Gasteiger charge is -2.57. The summed E-state index contributed by atoms with van der Waals surface area (Å²) in [5, 5.41) is 0. The van der Waals surface area contributed by atoms with Crippen molar-refractivity contribution in [2.24, 2.45) is 28.6 Å². The molecule has 3 heteroatoms. The lowest BCUT2D eigenvalue weighted by atomic mass is 9.47. The molecule has 0 radical (unpaired) electrons. The Morgan fingerprint density at radius 2 is 1.75 bits per heavy atom. The molecule has 4 fully saturated rings. The average molecular weight is 330 g/mol. The molecule has 1 aliphatic heterocycles. The van der Waals surface area contributed by atoms with Crippen molar-refractivity contribution >= 4 is 5.78 Å². The summed E-state index contributed by atoms with van der Waals surface area (Å²) in [5.41, 5.74) is 1.74. The molecule has 0 amide bonds. The molecule has 0 unspecified atom stereocenters. The molecule has 0 aromatic rings. The first-order valence-corrected chi connectivity index (χ1v) is 10.0. The van der Waals surface area contributed by atoms with Crippen LogP contribution in [0.15, 0.2) is 11.6 Å². The van der Waals surface area contributed by atoms with Crippen molar-refractivity contribution in [3.63, 3.8) is 0 Å². The number of ether oxygens (including phenoxy) is 2. The van der Waals surface area contributed by atoms with Gasteiger partial charge in [0.15, 0.2) is 11.6 Å². The van der Waals surface area contributed by atoms with E-state index in [4.69, 9.17) is 9.47 Å². The quantitative estimate of drug-likeness (QED) is 0.666. The maximum atomic E-state index is 13.2. The number of fused-ring (bicyclic) bond motifs is 6. The van der Waals surface area contributed by atoms with Crippen LogP contribution in [0.2, 0.25) is 0 Å². The van der Waals surface area contributed by atoms with Gasteiger partial charge in [-0.25, -0.2) is 0 Å². The van der Waals surface area contributed by atoms with Crippen molar-refractivity contribution in [2.45, 2.75) is 71.0 Å². The molecule has 132 valence electrons. The van der Waals surface area contributed by atoms with Crippen molar-refractivity contribution in [1.82, 2.24) is 0 Å². The first-order valence-electron chi connectivity index (χ1n) is 10.0. The Hall–Kier alpha value is -0.670. The molecule has 0 aromatic carbocycles. The SMILES string of the molecule is C[C@]12CCCCC1=CC(=O)[C@@H]1[C@@H]2CC[C@@]2(C)[C@H]1CCC21OCCO1. The molecule has 3 nitrogen and oxygen atoms in total. The van der Waals surface area contributed by atoms with Gasteiger partial charge >= 0.3 is 0 Å². The van der Waals surface area contributed by atoms with Crippen LogP contribution >= 0.6 is 0 Å². The van der Waals surface area contributed by atoms with Crippen molar-refractivity contribution in [2.75, 3.05) is 13.2 Å². The fourth-order valence-electron chi connectivity index (χ4n) is 7.32. The van der Waals surface area contributed by atoms with Crippen LogP contribution < -0.4 is 0 Å². The summed E-state index contributed by atoms with van der Waals surface area (Å²) < 4.78 is 12.3. The van der Waals surface area contributed by atoms with E-state index in [9.17, 15) is 4.79 Å². The standard InChI is InChI=1S/C21H30O3/c1-19-8-4-3-5-14(19)13-17(22)18-15(19)6-9-20(2)16(18)7-10-21(20)23-11-12-24-21/h13,15-16,18H,3-12H2,1-2H3/t15-,16-,18+,19-,20-/m0/s1. The van der Waals surface area contributed by atoms with Crippen LogP contribution in [0, 0.1) is 28.6 Å². The van der Waals surface area contributed by atoms with E-state index < -0.39 is 5.79 Å². The summed E-state index contributed by atoms with van der Waals surface area (Å²) in [6.45, 7) is 6.23. The molecule has 1 saturated heterocycles. The molecular formula is C21H30O3. The first kappa shape index (κ1) is 15.6. The van der Waals surface area contributed by atoms with Gasteiger partial charge < -0.3 is 9.47 Å². The third-order valence-electron chi connectivity index (χ3n) is 8.66. The Bertz CT molecular complexity index is 602. The second-order valence-electron chi connectivity index (χ2n) is 9.38. The Morgan fingerprint density at radius 3 is 2.54 bits per heavy atom. The van der Waals surface area contributed by atoms with Crippen molar-refractivity contribution in [3.8, 4) is 0 Å². The van der Waals surface area contributed by atoms with Gasteiger partial charge in [0.05, 0.1) is 13.2 Å². The van der Waals surface area contributed by atoms with Gasteiger partial charge in [0, 0.05) is 17.8 Å². The van der Waals surface area contributed by atoms with Crippen LogP contribution in [0.25, 0.3) is 0 Å².